The standard InChI is InChI=1S/C28H26FN7O3/c1-28(26(37)31-14-12-30)16-38-25(39-17-28)24-35-22(19-7-9-20(29)10-8-19)23(36-24)21-11-13-32-27(34-21)33-15-18-5-3-2-4-6-18/h2-11,13,25H,14-17H2,1H3,(H,31,37)(H,35,36)(H,32,33,34). The molecule has 1 aliphatic heterocycles. The van der Waals surface area contributed by atoms with Crippen LogP contribution in [0.1, 0.15) is 24.6 Å². The zero-order chi connectivity index (χ0) is 27.2. The minimum Gasteiger partial charge on any atom is -0.350 e. The van der Waals surface area contributed by atoms with Crippen LogP contribution in [0.2, 0.25) is 0 Å². The van der Waals surface area contributed by atoms with Gasteiger partial charge in [0.15, 0.2) is 5.82 Å². The molecule has 0 unspecified atom stereocenters. The fourth-order valence-electron chi connectivity index (χ4n) is 4.10. The van der Waals surface area contributed by atoms with Crippen molar-refractivity contribution in [3.8, 4) is 28.7 Å². The Labute approximate surface area is 224 Å². The lowest BCUT2D eigenvalue weighted by atomic mass is 9.91. The normalized spacial score (nSPS) is 18.7. The quantitative estimate of drug-likeness (QED) is 0.293. The summed E-state index contributed by atoms with van der Waals surface area (Å²) < 4.78 is 25.4. The van der Waals surface area contributed by atoms with Gasteiger partial charge in [0, 0.05) is 18.3 Å². The number of nitrogens with zero attached hydrogens (tertiary/aromatic N) is 4. The van der Waals surface area contributed by atoms with Crippen molar-refractivity contribution in [3.05, 3.63) is 84.1 Å². The Morgan fingerprint density at radius 3 is 2.59 bits per heavy atom. The van der Waals surface area contributed by atoms with E-state index >= 15 is 0 Å². The van der Waals surface area contributed by atoms with Gasteiger partial charge in [0.05, 0.1) is 41.8 Å². The number of H-pyrrole nitrogens is 1. The number of ether oxygens (including phenoxy) is 2. The highest BCUT2D eigenvalue weighted by molar-refractivity contribution is 5.83. The van der Waals surface area contributed by atoms with Gasteiger partial charge in [0.1, 0.15) is 12.4 Å². The van der Waals surface area contributed by atoms with Crippen LogP contribution in [-0.4, -0.2) is 45.6 Å². The number of imidazole rings is 1. The van der Waals surface area contributed by atoms with Crippen LogP contribution in [0.25, 0.3) is 22.6 Å². The summed E-state index contributed by atoms with van der Waals surface area (Å²) in [6.45, 7) is 2.30. The highest BCUT2D eigenvalue weighted by Gasteiger charge is 2.40. The number of amides is 1. The molecule has 2 aromatic heterocycles. The zero-order valence-corrected chi connectivity index (χ0v) is 21.1. The van der Waals surface area contributed by atoms with E-state index in [0.29, 0.717) is 41.0 Å². The second-order valence-electron chi connectivity index (χ2n) is 9.31. The van der Waals surface area contributed by atoms with Gasteiger partial charge in [-0.15, -0.1) is 0 Å². The second-order valence-corrected chi connectivity index (χ2v) is 9.31. The summed E-state index contributed by atoms with van der Waals surface area (Å²) in [5.74, 6) is 0.118. The fraction of sp³-hybridized carbons (Fsp3) is 0.250. The largest absolute Gasteiger partial charge is 0.350 e. The monoisotopic (exact) mass is 527 g/mol. The number of aromatic nitrogens is 4. The van der Waals surface area contributed by atoms with Crippen molar-refractivity contribution >= 4 is 11.9 Å². The second kappa shape index (κ2) is 11.4. The van der Waals surface area contributed by atoms with Crippen molar-refractivity contribution in [2.75, 3.05) is 25.1 Å². The van der Waals surface area contributed by atoms with Crippen molar-refractivity contribution in [2.45, 2.75) is 19.8 Å². The first-order valence-corrected chi connectivity index (χ1v) is 12.3. The third-order valence-corrected chi connectivity index (χ3v) is 6.25. The van der Waals surface area contributed by atoms with Crippen LogP contribution in [0.15, 0.2) is 66.9 Å². The molecule has 1 fully saturated rings. The number of nitriles is 1. The maximum absolute atomic E-state index is 13.7. The highest BCUT2D eigenvalue weighted by Crippen LogP contribution is 2.35. The van der Waals surface area contributed by atoms with Crippen LogP contribution in [0, 0.1) is 22.6 Å². The van der Waals surface area contributed by atoms with Gasteiger partial charge in [-0.3, -0.25) is 4.79 Å². The van der Waals surface area contributed by atoms with Crippen LogP contribution in [0.5, 0.6) is 0 Å². The van der Waals surface area contributed by atoms with Gasteiger partial charge in [-0.1, -0.05) is 30.3 Å². The van der Waals surface area contributed by atoms with E-state index in [0.717, 1.165) is 5.56 Å². The summed E-state index contributed by atoms with van der Waals surface area (Å²) >= 11 is 0. The molecule has 1 aliphatic rings. The van der Waals surface area contributed by atoms with Crippen molar-refractivity contribution in [1.29, 1.82) is 5.26 Å². The first-order valence-electron chi connectivity index (χ1n) is 12.3. The first kappa shape index (κ1) is 26.0. The number of benzene rings is 2. The Morgan fingerprint density at radius 1 is 1.13 bits per heavy atom. The number of nitrogens with one attached hydrogen (secondary N) is 3. The van der Waals surface area contributed by atoms with E-state index in [1.54, 1.807) is 31.3 Å². The maximum Gasteiger partial charge on any atom is 0.231 e. The van der Waals surface area contributed by atoms with Gasteiger partial charge in [-0.2, -0.15) is 5.26 Å². The minimum absolute atomic E-state index is 0.0674. The van der Waals surface area contributed by atoms with Crippen LogP contribution in [0.3, 0.4) is 0 Å². The summed E-state index contributed by atoms with van der Waals surface area (Å²) in [5, 5.41) is 14.5. The Hall–Kier alpha value is -4.66. The lowest BCUT2D eigenvalue weighted by Gasteiger charge is -2.35. The molecule has 1 amide bonds. The average Bonchev–Trinajstić information content (AvgIpc) is 3.42. The molecule has 0 bridgehead atoms. The van der Waals surface area contributed by atoms with Gasteiger partial charge in [0.2, 0.25) is 18.1 Å². The number of hydrogen-bond acceptors (Lipinski definition) is 8. The van der Waals surface area contributed by atoms with E-state index in [1.165, 1.54) is 12.1 Å². The zero-order valence-electron chi connectivity index (χ0n) is 21.1. The summed E-state index contributed by atoms with van der Waals surface area (Å²) in [5.41, 5.74) is 2.48. The summed E-state index contributed by atoms with van der Waals surface area (Å²) in [6.07, 6.45) is 0.774. The fourth-order valence-corrected chi connectivity index (χ4v) is 4.10. The van der Waals surface area contributed by atoms with Crippen LogP contribution < -0.4 is 10.6 Å². The Balaban J connectivity index is 1.41. The molecule has 11 heteroatoms. The first-order chi connectivity index (χ1) is 18.9. The summed E-state index contributed by atoms with van der Waals surface area (Å²) in [7, 11) is 0. The number of carbonyl (C=O) groups excluding carboxylic acids is 1. The van der Waals surface area contributed by atoms with E-state index in [-0.39, 0.29) is 31.5 Å². The smallest absolute Gasteiger partial charge is 0.231 e. The van der Waals surface area contributed by atoms with Gasteiger partial charge in [-0.25, -0.2) is 19.3 Å². The predicted molar refractivity (Wildman–Crippen MR) is 140 cm³/mol. The van der Waals surface area contributed by atoms with Crippen LogP contribution >= 0.6 is 0 Å². The van der Waals surface area contributed by atoms with Crippen molar-refractivity contribution in [2.24, 2.45) is 5.41 Å². The molecule has 3 N–H and O–H groups in total. The third kappa shape index (κ3) is 5.93. The number of hydrogen-bond donors (Lipinski definition) is 3. The molecule has 0 atom stereocenters. The molecule has 2 aromatic carbocycles. The Bertz CT molecular complexity index is 1480. The highest BCUT2D eigenvalue weighted by atomic mass is 19.1. The lowest BCUT2D eigenvalue weighted by Crippen LogP contribution is -2.48. The van der Waals surface area contributed by atoms with Crippen LogP contribution in [0.4, 0.5) is 10.3 Å². The number of anilines is 1. The molecule has 0 aliphatic carbocycles. The molecule has 5 rings (SSSR count). The van der Waals surface area contributed by atoms with E-state index in [9.17, 15) is 9.18 Å². The Kier molecular flexibility index (Phi) is 7.58. The van der Waals surface area contributed by atoms with E-state index < -0.39 is 11.7 Å². The maximum atomic E-state index is 13.7. The average molecular weight is 528 g/mol. The molecule has 198 valence electrons. The number of carbonyl (C=O) groups is 1. The number of aromatic amines is 1. The SMILES string of the molecule is CC1(C(=O)NCC#N)COC(c2nc(-c3ccc(F)cc3)c(-c3ccnc(NCc4ccccc4)n3)[nH]2)OC1. The third-order valence-electron chi connectivity index (χ3n) is 6.25. The molecule has 4 aromatic rings. The lowest BCUT2D eigenvalue weighted by molar-refractivity contribution is -0.230. The van der Waals surface area contributed by atoms with Crippen molar-refractivity contribution in [3.63, 3.8) is 0 Å². The van der Waals surface area contributed by atoms with Crippen molar-refractivity contribution in [1.82, 2.24) is 25.3 Å². The van der Waals surface area contributed by atoms with E-state index in [2.05, 4.69) is 25.6 Å². The Morgan fingerprint density at radius 2 is 1.87 bits per heavy atom. The summed E-state index contributed by atoms with van der Waals surface area (Å²) in [6, 6.07) is 19.5. The number of halogens is 1. The predicted octanol–water partition coefficient (Wildman–Crippen LogP) is 3.98. The minimum atomic E-state index is -0.950. The molecule has 0 saturated carbocycles. The van der Waals surface area contributed by atoms with Gasteiger partial charge < -0.3 is 25.1 Å². The molecule has 0 spiro atoms. The molecular formula is C28H26FN7O3. The van der Waals surface area contributed by atoms with Gasteiger partial charge in [-0.05, 0) is 42.8 Å². The van der Waals surface area contributed by atoms with Gasteiger partial charge in [0.25, 0.3) is 0 Å². The molecule has 10 nitrogen and oxygen atoms in total. The molecule has 1 saturated heterocycles. The van der Waals surface area contributed by atoms with Gasteiger partial charge >= 0.3 is 0 Å². The van der Waals surface area contributed by atoms with E-state index in [1.807, 2.05) is 36.4 Å². The topological polar surface area (TPSA) is 138 Å². The molecule has 39 heavy (non-hydrogen) atoms. The molecule has 3 heterocycles. The number of rotatable bonds is 8. The van der Waals surface area contributed by atoms with E-state index in [4.69, 9.17) is 19.7 Å². The molecular weight excluding hydrogens is 501 g/mol. The molecule has 0 radical (unpaired) electrons. The van der Waals surface area contributed by atoms with Crippen molar-refractivity contribution < 1.29 is 18.7 Å². The summed E-state index contributed by atoms with van der Waals surface area (Å²) in [4.78, 5) is 29.4. The van der Waals surface area contributed by atoms with Crippen LogP contribution in [-0.2, 0) is 20.8 Å².